The molecule has 1 unspecified atom stereocenters. The van der Waals surface area contributed by atoms with Crippen molar-refractivity contribution in [3.8, 4) is 10.4 Å². The number of benzene rings is 1. The molecule has 2 N–H and O–H groups in total. The number of nitrogens with two attached hydrogens (primary N) is 1. The highest BCUT2D eigenvalue weighted by Gasteiger charge is 2.10. The van der Waals surface area contributed by atoms with Gasteiger partial charge in [-0.15, -0.1) is 11.3 Å². The van der Waals surface area contributed by atoms with Crippen molar-refractivity contribution >= 4 is 34.5 Å². The maximum atomic E-state index is 6.04. The zero-order valence-electron chi connectivity index (χ0n) is 10.1. The summed E-state index contributed by atoms with van der Waals surface area (Å²) in [4.78, 5) is 2.58. The second-order valence-corrected chi connectivity index (χ2v) is 6.24. The first-order valence-electron chi connectivity index (χ1n) is 5.87. The molecular formula is C14H15Cl2NS. The average molecular weight is 300 g/mol. The Morgan fingerprint density at radius 3 is 2.61 bits per heavy atom. The van der Waals surface area contributed by atoms with Crippen LogP contribution in [0, 0.1) is 0 Å². The molecule has 96 valence electrons. The fourth-order valence-corrected chi connectivity index (χ4v) is 3.20. The highest BCUT2D eigenvalue weighted by Crippen LogP contribution is 2.35. The lowest BCUT2D eigenvalue weighted by Crippen LogP contribution is -2.03. The third kappa shape index (κ3) is 3.07. The van der Waals surface area contributed by atoms with E-state index in [1.165, 1.54) is 9.75 Å². The zero-order valence-corrected chi connectivity index (χ0v) is 12.4. The minimum absolute atomic E-state index is 0.511. The summed E-state index contributed by atoms with van der Waals surface area (Å²) in [5.41, 5.74) is 6.71. The van der Waals surface area contributed by atoms with Gasteiger partial charge in [-0.1, -0.05) is 36.2 Å². The molecule has 0 radical (unpaired) electrons. The normalized spacial score (nSPS) is 12.7. The molecule has 2 rings (SSSR count). The lowest BCUT2D eigenvalue weighted by Gasteiger charge is -2.06. The van der Waals surface area contributed by atoms with E-state index in [-0.39, 0.29) is 0 Å². The number of rotatable bonds is 4. The molecule has 0 bridgehead atoms. The van der Waals surface area contributed by atoms with Crippen LogP contribution in [0.1, 0.15) is 24.1 Å². The molecule has 1 aromatic carbocycles. The molecule has 18 heavy (non-hydrogen) atoms. The van der Waals surface area contributed by atoms with Crippen LogP contribution in [0.4, 0.5) is 0 Å². The van der Waals surface area contributed by atoms with E-state index in [1.807, 2.05) is 18.2 Å². The van der Waals surface area contributed by atoms with Crippen LogP contribution in [0.3, 0.4) is 0 Å². The second kappa shape index (κ2) is 6.07. The summed E-state index contributed by atoms with van der Waals surface area (Å²) < 4.78 is 0. The van der Waals surface area contributed by atoms with Gasteiger partial charge in [0.15, 0.2) is 0 Å². The first-order chi connectivity index (χ1) is 8.61. The topological polar surface area (TPSA) is 26.0 Å². The first kappa shape index (κ1) is 13.9. The molecule has 0 amide bonds. The molecule has 0 saturated heterocycles. The second-order valence-electron chi connectivity index (χ2n) is 4.31. The van der Waals surface area contributed by atoms with E-state index in [2.05, 4.69) is 19.1 Å². The minimum atomic E-state index is 0.511. The SMILES string of the molecule is CC(CCN)c1ccc(-c2ccc(Cl)c(Cl)c2)s1. The first-order valence-corrected chi connectivity index (χ1v) is 7.44. The van der Waals surface area contributed by atoms with E-state index < -0.39 is 0 Å². The summed E-state index contributed by atoms with van der Waals surface area (Å²) in [7, 11) is 0. The number of halogens is 2. The average Bonchev–Trinajstić information content (AvgIpc) is 2.82. The Balaban J connectivity index is 2.26. The van der Waals surface area contributed by atoms with Gasteiger partial charge in [0.2, 0.25) is 0 Å². The van der Waals surface area contributed by atoms with E-state index in [0.29, 0.717) is 16.0 Å². The van der Waals surface area contributed by atoms with Gasteiger partial charge in [0.05, 0.1) is 10.0 Å². The van der Waals surface area contributed by atoms with Crippen LogP contribution in [0.25, 0.3) is 10.4 Å². The molecule has 1 aromatic heterocycles. The Bertz CT molecular complexity index is 536. The van der Waals surface area contributed by atoms with Gasteiger partial charge >= 0.3 is 0 Å². The van der Waals surface area contributed by atoms with Gasteiger partial charge in [0, 0.05) is 9.75 Å². The molecule has 0 fully saturated rings. The Hall–Kier alpha value is -0.540. The number of thiophene rings is 1. The van der Waals surface area contributed by atoms with Gasteiger partial charge in [-0.3, -0.25) is 0 Å². The van der Waals surface area contributed by atoms with E-state index in [0.717, 1.165) is 18.5 Å². The van der Waals surface area contributed by atoms with E-state index >= 15 is 0 Å². The standard InChI is InChI=1S/C14H15Cl2NS/c1-9(6-7-17)13-4-5-14(18-13)10-2-3-11(15)12(16)8-10/h2-5,8-9H,6-7,17H2,1H3. The maximum Gasteiger partial charge on any atom is 0.0598 e. The fraction of sp³-hybridized carbons (Fsp3) is 0.286. The largest absolute Gasteiger partial charge is 0.330 e. The highest BCUT2D eigenvalue weighted by molar-refractivity contribution is 7.15. The summed E-state index contributed by atoms with van der Waals surface area (Å²) >= 11 is 13.8. The Morgan fingerprint density at radius 1 is 1.17 bits per heavy atom. The van der Waals surface area contributed by atoms with Gasteiger partial charge in [0.1, 0.15) is 0 Å². The lowest BCUT2D eigenvalue weighted by molar-refractivity contribution is 0.701. The predicted octanol–water partition coefficient (Wildman–Crippen LogP) is 5.17. The van der Waals surface area contributed by atoms with Crippen LogP contribution in [0.15, 0.2) is 30.3 Å². The molecule has 2 aromatic rings. The summed E-state index contributed by atoms with van der Waals surface area (Å²) in [6.45, 7) is 2.93. The summed E-state index contributed by atoms with van der Waals surface area (Å²) in [6.07, 6.45) is 1.02. The minimum Gasteiger partial charge on any atom is -0.330 e. The fourth-order valence-electron chi connectivity index (χ4n) is 1.81. The summed E-state index contributed by atoms with van der Waals surface area (Å²) in [5.74, 6) is 0.511. The molecule has 0 aliphatic heterocycles. The van der Waals surface area contributed by atoms with Gasteiger partial charge in [0.25, 0.3) is 0 Å². The van der Waals surface area contributed by atoms with Crippen LogP contribution in [0.5, 0.6) is 0 Å². The van der Waals surface area contributed by atoms with E-state index in [1.54, 1.807) is 11.3 Å². The number of hydrogen-bond acceptors (Lipinski definition) is 2. The van der Waals surface area contributed by atoms with Crippen molar-refractivity contribution in [2.75, 3.05) is 6.54 Å². The smallest absolute Gasteiger partial charge is 0.0598 e. The monoisotopic (exact) mass is 299 g/mol. The van der Waals surface area contributed by atoms with Crippen molar-refractivity contribution in [2.24, 2.45) is 5.73 Å². The van der Waals surface area contributed by atoms with Crippen molar-refractivity contribution < 1.29 is 0 Å². The summed E-state index contributed by atoms with van der Waals surface area (Å²) in [5, 5.41) is 1.19. The van der Waals surface area contributed by atoms with Gasteiger partial charge in [-0.2, -0.15) is 0 Å². The van der Waals surface area contributed by atoms with Crippen molar-refractivity contribution in [3.05, 3.63) is 45.3 Å². The van der Waals surface area contributed by atoms with Crippen LogP contribution in [-0.4, -0.2) is 6.54 Å². The van der Waals surface area contributed by atoms with Gasteiger partial charge in [-0.05, 0) is 48.7 Å². The van der Waals surface area contributed by atoms with Crippen LogP contribution in [0.2, 0.25) is 10.0 Å². The highest BCUT2D eigenvalue weighted by atomic mass is 35.5. The van der Waals surface area contributed by atoms with E-state index in [4.69, 9.17) is 28.9 Å². The molecule has 4 heteroatoms. The van der Waals surface area contributed by atoms with Crippen molar-refractivity contribution in [3.63, 3.8) is 0 Å². The lowest BCUT2D eigenvalue weighted by atomic mass is 10.1. The van der Waals surface area contributed by atoms with Crippen molar-refractivity contribution in [1.82, 2.24) is 0 Å². The van der Waals surface area contributed by atoms with Crippen LogP contribution >= 0.6 is 34.5 Å². The zero-order chi connectivity index (χ0) is 13.1. The van der Waals surface area contributed by atoms with Gasteiger partial charge in [-0.25, -0.2) is 0 Å². The summed E-state index contributed by atoms with van der Waals surface area (Å²) in [6, 6.07) is 10.0. The molecule has 0 aliphatic rings. The molecule has 1 atom stereocenters. The number of hydrogen-bond donors (Lipinski definition) is 1. The maximum absolute atomic E-state index is 6.04. The Kier molecular flexibility index (Phi) is 4.68. The molecule has 0 aliphatic carbocycles. The molecule has 1 heterocycles. The molecule has 1 nitrogen and oxygen atoms in total. The Labute approximate surface area is 122 Å². The molecule has 0 spiro atoms. The van der Waals surface area contributed by atoms with Gasteiger partial charge < -0.3 is 5.73 Å². The van der Waals surface area contributed by atoms with Crippen LogP contribution in [-0.2, 0) is 0 Å². The third-order valence-electron chi connectivity index (χ3n) is 2.92. The Morgan fingerprint density at radius 2 is 1.94 bits per heavy atom. The molecular weight excluding hydrogens is 285 g/mol. The van der Waals surface area contributed by atoms with Crippen molar-refractivity contribution in [2.45, 2.75) is 19.3 Å². The predicted molar refractivity (Wildman–Crippen MR) is 81.9 cm³/mol. The van der Waals surface area contributed by atoms with E-state index in [9.17, 15) is 0 Å². The third-order valence-corrected chi connectivity index (χ3v) is 5.02. The quantitative estimate of drug-likeness (QED) is 0.827. The van der Waals surface area contributed by atoms with Crippen LogP contribution < -0.4 is 5.73 Å². The molecule has 0 saturated carbocycles. The van der Waals surface area contributed by atoms with Crippen molar-refractivity contribution in [1.29, 1.82) is 0 Å².